The molecule has 0 atom stereocenters. The van der Waals surface area contributed by atoms with E-state index in [1.165, 1.54) is 12.3 Å². The normalized spacial score (nSPS) is 11.9. The lowest BCUT2D eigenvalue weighted by molar-refractivity contribution is -0.137. The van der Waals surface area contributed by atoms with E-state index < -0.39 is 32.6 Å². The molecule has 4 N–H and O–H groups in total. The number of carbonyl (C=O) groups is 1. The van der Waals surface area contributed by atoms with E-state index in [0.29, 0.717) is 17.3 Å². The summed E-state index contributed by atoms with van der Waals surface area (Å²) in [7, 11) is -4.27. The summed E-state index contributed by atoms with van der Waals surface area (Å²) in [6.07, 6.45) is -3.41. The molecular weight excluding hydrogens is 423 g/mol. The van der Waals surface area contributed by atoms with Gasteiger partial charge in [0.05, 0.1) is 16.7 Å². The van der Waals surface area contributed by atoms with Crippen LogP contribution in [0.3, 0.4) is 0 Å². The van der Waals surface area contributed by atoms with E-state index in [4.69, 9.17) is 9.56 Å². The number of carbonyl (C=O) groups excluding carboxylic acids is 1. The number of alkyl halides is 3. The highest BCUT2D eigenvalue weighted by Gasteiger charge is 2.34. The first-order valence-corrected chi connectivity index (χ1v) is 10.0. The molecule has 158 valence electrons. The standard InChI is InChI=1S/C19H16F3N3O4S/c20-19(21,22)15-10-14(30(23,27)28)7-8-16(15)24-11-12-3-5-13(6-4-12)25-18(26)17-2-1-9-29-17/h1-10,24H,11H2,(H,25,26)(H2,23,27,28). The first-order valence-electron chi connectivity index (χ1n) is 8.46. The van der Waals surface area contributed by atoms with Crippen molar-refractivity contribution < 1.29 is 30.8 Å². The van der Waals surface area contributed by atoms with Crippen LogP contribution in [0.1, 0.15) is 21.7 Å². The maximum atomic E-state index is 13.3. The molecule has 1 amide bonds. The smallest absolute Gasteiger partial charge is 0.418 e. The second-order valence-corrected chi connectivity index (χ2v) is 7.79. The SMILES string of the molecule is NS(=O)(=O)c1ccc(NCc2ccc(NC(=O)c3ccco3)cc2)c(C(F)(F)F)c1. The van der Waals surface area contributed by atoms with Gasteiger partial charge in [-0.05, 0) is 48.0 Å². The predicted octanol–water partition coefficient (Wildman–Crippen LogP) is 3.81. The number of halogens is 3. The van der Waals surface area contributed by atoms with Crippen LogP contribution in [0, 0.1) is 0 Å². The van der Waals surface area contributed by atoms with Gasteiger partial charge in [-0.2, -0.15) is 13.2 Å². The molecule has 0 aliphatic carbocycles. The van der Waals surface area contributed by atoms with Gasteiger partial charge in [0.2, 0.25) is 10.0 Å². The lowest BCUT2D eigenvalue weighted by Crippen LogP contribution is -2.16. The van der Waals surface area contributed by atoms with Crippen molar-refractivity contribution in [3.63, 3.8) is 0 Å². The van der Waals surface area contributed by atoms with Gasteiger partial charge in [0, 0.05) is 17.9 Å². The summed E-state index contributed by atoms with van der Waals surface area (Å²) in [4.78, 5) is 11.3. The summed E-state index contributed by atoms with van der Waals surface area (Å²) in [5.41, 5.74) is -0.315. The largest absolute Gasteiger partial charge is 0.459 e. The molecule has 0 aliphatic rings. The molecule has 0 radical (unpaired) electrons. The van der Waals surface area contributed by atoms with E-state index in [1.54, 1.807) is 30.3 Å². The molecule has 30 heavy (non-hydrogen) atoms. The van der Waals surface area contributed by atoms with E-state index >= 15 is 0 Å². The molecule has 3 aromatic rings. The Bertz CT molecular complexity index is 1140. The molecule has 1 heterocycles. The monoisotopic (exact) mass is 439 g/mol. The van der Waals surface area contributed by atoms with Crippen LogP contribution in [0.5, 0.6) is 0 Å². The fourth-order valence-corrected chi connectivity index (χ4v) is 3.13. The minimum absolute atomic E-state index is 0.0320. The first kappa shape index (κ1) is 21.4. The van der Waals surface area contributed by atoms with Gasteiger partial charge in [-0.25, -0.2) is 13.6 Å². The van der Waals surface area contributed by atoms with Crippen molar-refractivity contribution in [2.24, 2.45) is 5.14 Å². The lowest BCUT2D eigenvalue weighted by Gasteiger charge is -2.16. The number of hydrogen-bond donors (Lipinski definition) is 3. The fraction of sp³-hybridized carbons (Fsp3) is 0.105. The van der Waals surface area contributed by atoms with Crippen molar-refractivity contribution in [2.45, 2.75) is 17.6 Å². The van der Waals surface area contributed by atoms with Gasteiger partial charge in [-0.15, -0.1) is 0 Å². The van der Waals surface area contributed by atoms with Crippen LogP contribution in [0.4, 0.5) is 24.5 Å². The molecule has 3 rings (SSSR count). The summed E-state index contributed by atoms with van der Waals surface area (Å²) in [5, 5.41) is 10.2. The summed E-state index contributed by atoms with van der Waals surface area (Å²) >= 11 is 0. The highest BCUT2D eigenvalue weighted by Crippen LogP contribution is 2.36. The lowest BCUT2D eigenvalue weighted by atomic mass is 10.1. The van der Waals surface area contributed by atoms with Crippen molar-refractivity contribution in [3.05, 3.63) is 77.7 Å². The molecule has 1 aromatic heterocycles. The minimum Gasteiger partial charge on any atom is -0.459 e. The van der Waals surface area contributed by atoms with Gasteiger partial charge >= 0.3 is 6.18 Å². The maximum absolute atomic E-state index is 13.3. The van der Waals surface area contributed by atoms with E-state index in [2.05, 4.69) is 10.6 Å². The van der Waals surface area contributed by atoms with Crippen LogP contribution in [0.2, 0.25) is 0 Å². The van der Waals surface area contributed by atoms with Gasteiger partial charge in [0.1, 0.15) is 0 Å². The van der Waals surface area contributed by atoms with Crippen molar-refractivity contribution >= 4 is 27.3 Å². The Morgan fingerprint density at radius 3 is 2.33 bits per heavy atom. The van der Waals surface area contributed by atoms with Crippen LogP contribution in [-0.2, 0) is 22.7 Å². The number of sulfonamides is 1. The van der Waals surface area contributed by atoms with Crippen molar-refractivity contribution in [1.82, 2.24) is 0 Å². The van der Waals surface area contributed by atoms with Gasteiger partial charge < -0.3 is 15.1 Å². The summed E-state index contributed by atoms with van der Waals surface area (Å²) < 4.78 is 67.6. The van der Waals surface area contributed by atoms with Crippen LogP contribution in [0.25, 0.3) is 0 Å². The third kappa shape index (κ3) is 5.19. The molecular formula is C19H16F3N3O4S. The van der Waals surface area contributed by atoms with Crippen molar-refractivity contribution in [1.29, 1.82) is 0 Å². The molecule has 0 saturated heterocycles. The molecule has 11 heteroatoms. The molecule has 2 aromatic carbocycles. The second kappa shape index (κ2) is 8.20. The quantitative estimate of drug-likeness (QED) is 0.540. The number of benzene rings is 2. The maximum Gasteiger partial charge on any atom is 0.418 e. The van der Waals surface area contributed by atoms with Gasteiger partial charge in [0.25, 0.3) is 5.91 Å². The zero-order chi connectivity index (χ0) is 21.9. The topological polar surface area (TPSA) is 114 Å². The minimum atomic E-state index is -4.77. The zero-order valence-electron chi connectivity index (χ0n) is 15.2. The summed E-state index contributed by atoms with van der Waals surface area (Å²) in [6, 6.07) is 12.0. The molecule has 0 spiro atoms. The third-order valence-corrected chi connectivity index (χ3v) is 4.98. The second-order valence-electron chi connectivity index (χ2n) is 6.23. The Hall–Kier alpha value is -3.31. The first-order chi connectivity index (χ1) is 14.0. The summed E-state index contributed by atoms with van der Waals surface area (Å²) in [5.74, 6) is -0.293. The summed E-state index contributed by atoms with van der Waals surface area (Å²) in [6.45, 7) is 0.0320. The molecule has 0 unspecified atom stereocenters. The number of nitrogens with one attached hydrogen (secondary N) is 2. The highest BCUT2D eigenvalue weighted by molar-refractivity contribution is 7.89. The number of primary sulfonamides is 1. The molecule has 0 fully saturated rings. The van der Waals surface area contributed by atoms with E-state index in [9.17, 15) is 26.4 Å². The van der Waals surface area contributed by atoms with Crippen LogP contribution >= 0.6 is 0 Å². The number of rotatable bonds is 6. The van der Waals surface area contributed by atoms with Gasteiger partial charge in [-0.1, -0.05) is 12.1 Å². The number of hydrogen-bond acceptors (Lipinski definition) is 5. The molecule has 7 nitrogen and oxygen atoms in total. The molecule has 0 bridgehead atoms. The van der Waals surface area contributed by atoms with Gasteiger partial charge in [-0.3, -0.25) is 4.79 Å². The van der Waals surface area contributed by atoms with Crippen LogP contribution in [-0.4, -0.2) is 14.3 Å². The van der Waals surface area contributed by atoms with E-state index in [0.717, 1.165) is 12.1 Å². The number of amides is 1. The van der Waals surface area contributed by atoms with Crippen LogP contribution < -0.4 is 15.8 Å². The zero-order valence-corrected chi connectivity index (χ0v) is 16.0. The Morgan fingerprint density at radius 1 is 1.07 bits per heavy atom. The third-order valence-electron chi connectivity index (χ3n) is 4.06. The average Bonchev–Trinajstić information content (AvgIpc) is 3.21. The Labute approximate surface area is 169 Å². The van der Waals surface area contributed by atoms with E-state index in [1.807, 2.05) is 0 Å². The number of anilines is 2. The van der Waals surface area contributed by atoms with Crippen molar-refractivity contribution in [3.8, 4) is 0 Å². The van der Waals surface area contributed by atoms with E-state index in [-0.39, 0.29) is 18.0 Å². The van der Waals surface area contributed by atoms with Crippen molar-refractivity contribution in [2.75, 3.05) is 10.6 Å². The van der Waals surface area contributed by atoms with Crippen LogP contribution in [0.15, 0.2) is 70.2 Å². The predicted molar refractivity (Wildman–Crippen MR) is 103 cm³/mol. The Balaban J connectivity index is 1.71. The Kier molecular flexibility index (Phi) is 5.85. The highest BCUT2D eigenvalue weighted by atomic mass is 32.2. The Morgan fingerprint density at radius 2 is 1.77 bits per heavy atom. The number of nitrogens with two attached hydrogens (primary N) is 1. The number of furan rings is 1. The average molecular weight is 439 g/mol. The molecule has 0 saturated carbocycles. The van der Waals surface area contributed by atoms with Gasteiger partial charge in [0.15, 0.2) is 5.76 Å². The molecule has 0 aliphatic heterocycles. The fourth-order valence-electron chi connectivity index (χ4n) is 2.59.